The first kappa shape index (κ1) is 13.8. The number of halogens is 2. The van der Waals surface area contributed by atoms with Crippen molar-refractivity contribution >= 4 is 33.4 Å². The van der Waals surface area contributed by atoms with Crippen molar-refractivity contribution in [1.82, 2.24) is 10.6 Å². The minimum Gasteiger partial charge on any atom is -0.349 e. The number of nitrogens with one attached hydrogen (secondary N) is 2. The molecule has 1 aliphatic heterocycles. The van der Waals surface area contributed by atoms with Crippen LogP contribution < -0.4 is 10.6 Å². The summed E-state index contributed by atoms with van der Waals surface area (Å²) in [5.41, 5.74) is 0.525. The van der Waals surface area contributed by atoms with Crippen molar-refractivity contribution < 1.29 is 4.79 Å². The summed E-state index contributed by atoms with van der Waals surface area (Å²) >= 11 is 9.39. The first-order valence-corrected chi connectivity index (χ1v) is 7.22. The summed E-state index contributed by atoms with van der Waals surface area (Å²) in [5, 5.41) is 6.89. The van der Waals surface area contributed by atoms with E-state index in [1.807, 2.05) is 6.07 Å². The molecule has 0 aromatic heterocycles. The summed E-state index contributed by atoms with van der Waals surface area (Å²) in [4.78, 5) is 12.2. The van der Waals surface area contributed by atoms with Crippen LogP contribution in [-0.2, 0) is 0 Å². The number of hydrogen-bond acceptors (Lipinski definition) is 2. The number of rotatable bonds is 2. The summed E-state index contributed by atoms with van der Waals surface area (Å²) in [5.74, 6) is -0.0969. The zero-order valence-corrected chi connectivity index (χ0v) is 12.5. The van der Waals surface area contributed by atoms with E-state index in [2.05, 4.69) is 33.5 Å². The second kappa shape index (κ2) is 6.04. The van der Waals surface area contributed by atoms with E-state index < -0.39 is 0 Å². The van der Waals surface area contributed by atoms with Gasteiger partial charge in [0.05, 0.1) is 10.6 Å². The third-order valence-corrected chi connectivity index (χ3v) is 3.95. The van der Waals surface area contributed by atoms with Gasteiger partial charge < -0.3 is 10.6 Å². The van der Waals surface area contributed by atoms with Crippen LogP contribution in [0.2, 0.25) is 5.02 Å². The normalized spacial score (nSPS) is 23.7. The van der Waals surface area contributed by atoms with Gasteiger partial charge in [-0.05, 0) is 44.5 Å². The van der Waals surface area contributed by atoms with Crippen molar-refractivity contribution in [3.05, 3.63) is 33.3 Å². The minimum absolute atomic E-state index is 0.0969. The van der Waals surface area contributed by atoms with Gasteiger partial charge in [0.1, 0.15) is 0 Å². The lowest BCUT2D eigenvalue weighted by Crippen LogP contribution is -2.46. The standard InChI is InChI=1S/C13H16BrClN2O/c1-8-6-10(4-5-16-8)17-13(18)11-7-9(14)2-3-12(11)15/h2-3,7-8,10,16H,4-6H2,1H3,(H,17,18). The summed E-state index contributed by atoms with van der Waals surface area (Å²) in [6.07, 6.45) is 1.92. The number of carbonyl (C=O) groups excluding carboxylic acids is 1. The summed E-state index contributed by atoms with van der Waals surface area (Å²) in [6, 6.07) is 5.98. The maximum absolute atomic E-state index is 12.2. The number of amides is 1. The van der Waals surface area contributed by atoms with Crippen molar-refractivity contribution in [2.45, 2.75) is 31.8 Å². The Kier molecular flexibility index (Phi) is 4.65. The molecule has 2 rings (SSSR count). The Labute approximate surface area is 120 Å². The Balaban J connectivity index is 2.05. The minimum atomic E-state index is -0.0969. The van der Waals surface area contributed by atoms with E-state index in [9.17, 15) is 4.79 Å². The van der Waals surface area contributed by atoms with E-state index >= 15 is 0 Å². The molecule has 0 aliphatic carbocycles. The zero-order valence-electron chi connectivity index (χ0n) is 10.2. The molecule has 18 heavy (non-hydrogen) atoms. The van der Waals surface area contributed by atoms with Gasteiger partial charge in [-0.1, -0.05) is 27.5 Å². The highest BCUT2D eigenvalue weighted by atomic mass is 79.9. The van der Waals surface area contributed by atoms with Crippen LogP contribution in [0.5, 0.6) is 0 Å². The number of benzene rings is 1. The SMILES string of the molecule is CC1CC(NC(=O)c2cc(Br)ccc2Cl)CCN1. The second-order valence-corrected chi connectivity index (χ2v) is 6.00. The lowest BCUT2D eigenvalue weighted by atomic mass is 10.0. The first-order chi connectivity index (χ1) is 8.56. The van der Waals surface area contributed by atoms with E-state index in [-0.39, 0.29) is 11.9 Å². The van der Waals surface area contributed by atoms with E-state index in [0.717, 1.165) is 23.9 Å². The molecule has 2 unspecified atom stereocenters. The molecule has 2 N–H and O–H groups in total. The summed E-state index contributed by atoms with van der Waals surface area (Å²) in [7, 11) is 0. The topological polar surface area (TPSA) is 41.1 Å². The Bertz CT molecular complexity index is 453. The number of hydrogen-bond donors (Lipinski definition) is 2. The number of piperidine rings is 1. The fourth-order valence-electron chi connectivity index (χ4n) is 2.20. The molecule has 2 atom stereocenters. The highest BCUT2D eigenvalue weighted by molar-refractivity contribution is 9.10. The highest BCUT2D eigenvalue weighted by Crippen LogP contribution is 2.21. The van der Waals surface area contributed by atoms with Gasteiger partial charge in [0.15, 0.2) is 0 Å². The second-order valence-electron chi connectivity index (χ2n) is 4.67. The maximum atomic E-state index is 12.2. The van der Waals surface area contributed by atoms with Crippen molar-refractivity contribution in [2.24, 2.45) is 0 Å². The fraction of sp³-hybridized carbons (Fsp3) is 0.462. The molecular weight excluding hydrogens is 316 g/mol. The van der Waals surface area contributed by atoms with Crippen molar-refractivity contribution in [1.29, 1.82) is 0 Å². The van der Waals surface area contributed by atoms with Gasteiger partial charge in [0.2, 0.25) is 0 Å². The van der Waals surface area contributed by atoms with E-state index in [0.29, 0.717) is 16.6 Å². The molecule has 1 aromatic rings. The lowest BCUT2D eigenvalue weighted by molar-refractivity contribution is 0.0926. The third-order valence-electron chi connectivity index (χ3n) is 3.13. The number of carbonyl (C=O) groups is 1. The van der Waals surface area contributed by atoms with E-state index in [1.54, 1.807) is 12.1 Å². The van der Waals surface area contributed by atoms with Crippen LogP contribution in [0.4, 0.5) is 0 Å². The van der Waals surface area contributed by atoms with Gasteiger partial charge in [0, 0.05) is 16.6 Å². The smallest absolute Gasteiger partial charge is 0.253 e. The molecular formula is C13H16BrClN2O. The molecule has 1 saturated heterocycles. The van der Waals surface area contributed by atoms with Crippen molar-refractivity contribution in [3.63, 3.8) is 0 Å². The van der Waals surface area contributed by atoms with Crippen molar-refractivity contribution in [2.75, 3.05) is 6.54 Å². The average molecular weight is 332 g/mol. The molecule has 1 aliphatic rings. The Morgan fingerprint density at radius 3 is 3.06 bits per heavy atom. The molecule has 0 bridgehead atoms. The van der Waals surface area contributed by atoms with Gasteiger partial charge in [-0.15, -0.1) is 0 Å². The van der Waals surface area contributed by atoms with Crippen LogP contribution in [0, 0.1) is 0 Å². The fourth-order valence-corrected chi connectivity index (χ4v) is 2.76. The van der Waals surface area contributed by atoms with Crippen LogP contribution in [-0.4, -0.2) is 24.5 Å². The van der Waals surface area contributed by atoms with Crippen molar-refractivity contribution in [3.8, 4) is 0 Å². The van der Waals surface area contributed by atoms with E-state index in [1.165, 1.54) is 0 Å². The Morgan fingerprint density at radius 2 is 2.33 bits per heavy atom. The monoisotopic (exact) mass is 330 g/mol. The molecule has 1 aromatic carbocycles. The molecule has 3 nitrogen and oxygen atoms in total. The highest BCUT2D eigenvalue weighted by Gasteiger charge is 2.21. The largest absolute Gasteiger partial charge is 0.349 e. The van der Waals surface area contributed by atoms with Gasteiger partial charge in [-0.2, -0.15) is 0 Å². The molecule has 1 amide bonds. The summed E-state index contributed by atoms with van der Waals surface area (Å²) in [6.45, 7) is 3.07. The zero-order chi connectivity index (χ0) is 13.1. The summed E-state index contributed by atoms with van der Waals surface area (Å²) < 4.78 is 0.857. The lowest BCUT2D eigenvalue weighted by Gasteiger charge is -2.28. The van der Waals surface area contributed by atoms with Crippen LogP contribution in [0.25, 0.3) is 0 Å². The van der Waals surface area contributed by atoms with E-state index in [4.69, 9.17) is 11.6 Å². The first-order valence-electron chi connectivity index (χ1n) is 6.05. The maximum Gasteiger partial charge on any atom is 0.253 e. The quantitative estimate of drug-likeness (QED) is 0.875. The van der Waals surface area contributed by atoms with Gasteiger partial charge in [0.25, 0.3) is 5.91 Å². The van der Waals surface area contributed by atoms with Gasteiger partial charge >= 0.3 is 0 Å². The molecule has 0 saturated carbocycles. The van der Waals surface area contributed by atoms with Gasteiger partial charge in [-0.25, -0.2) is 0 Å². The average Bonchev–Trinajstić information content (AvgIpc) is 2.32. The third kappa shape index (κ3) is 3.46. The Morgan fingerprint density at radius 1 is 1.56 bits per heavy atom. The van der Waals surface area contributed by atoms with Gasteiger partial charge in [-0.3, -0.25) is 4.79 Å². The van der Waals surface area contributed by atoms with Crippen LogP contribution >= 0.6 is 27.5 Å². The van der Waals surface area contributed by atoms with Crippen LogP contribution in [0.3, 0.4) is 0 Å². The Hall–Kier alpha value is -0.580. The van der Waals surface area contributed by atoms with Crippen LogP contribution in [0.1, 0.15) is 30.1 Å². The molecule has 1 heterocycles. The molecule has 0 radical (unpaired) electrons. The van der Waals surface area contributed by atoms with Crippen LogP contribution in [0.15, 0.2) is 22.7 Å². The molecule has 5 heteroatoms. The molecule has 98 valence electrons. The predicted molar refractivity (Wildman–Crippen MR) is 77.1 cm³/mol. The molecule has 1 fully saturated rings. The molecule has 0 spiro atoms. The predicted octanol–water partition coefficient (Wildman–Crippen LogP) is 2.97.